The molecule has 2 atom stereocenters. The lowest BCUT2D eigenvalue weighted by Crippen LogP contribution is -2.48. The van der Waals surface area contributed by atoms with Crippen LogP contribution in [0.1, 0.15) is 36.6 Å². The number of rotatable bonds is 6. The highest BCUT2D eigenvalue weighted by Crippen LogP contribution is 2.27. The lowest BCUT2D eigenvalue weighted by molar-refractivity contribution is -0.122. The Balaban J connectivity index is 2.26. The lowest BCUT2D eigenvalue weighted by atomic mass is 10.1. The van der Waals surface area contributed by atoms with Crippen LogP contribution in [-0.2, 0) is 14.8 Å². The van der Waals surface area contributed by atoms with Crippen LogP contribution in [0.25, 0.3) is 0 Å². The highest BCUT2D eigenvalue weighted by molar-refractivity contribution is 7.92. The van der Waals surface area contributed by atoms with Crippen LogP contribution >= 0.6 is 11.6 Å². The number of hydrogen-bond acceptors (Lipinski definition) is 3. The molecule has 2 aromatic carbocycles. The zero-order valence-electron chi connectivity index (χ0n) is 16.2. The Labute approximate surface area is 166 Å². The molecule has 0 aliphatic rings. The second-order valence-electron chi connectivity index (χ2n) is 6.81. The Morgan fingerprint density at radius 1 is 1.07 bits per heavy atom. The maximum atomic E-state index is 12.8. The zero-order chi connectivity index (χ0) is 20.4. The van der Waals surface area contributed by atoms with Crippen molar-refractivity contribution in [1.82, 2.24) is 5.32 Å². The van der Waals surface area contributed by atoms with E-state index in [1.54, 1.807) is 25.1 Å². The first-order valence-electron chi connectivity index (χ1n) is 8.63. The van der Waals surface area contributed by atoms with Crippen LogP contribution in [0.5, 0.6) is 0 Å². The number of nitrogens with one attached hydrogen (secondary N) is 1. The fourth-order valence-corrected chi connectivity index (χ4v) is 4.14. The van der Waals surface area contributed by atoms with Crippen molar-refractivity contribution < 1.29 is 13.2 Å². The van der Waals surface area contributed by atoms with Gasteiger partial charge in [0.2, 0.25) is 15.9 Å². The fraction of sp³-hybridized carbons (Fsp3) is 0.350. The Morgan fingerprint density at radius 2 is 1.67 bits per heavy atom. The maximum Gasteiger partial charge on any atom is 0.244 e. The molecule has 2 aromatic rings. The van der Waals surface area contributed by atoms with Crippen molar-refractivity contribution in [1.29, 1.82) is 0 Å². The van der Waals surface area contributed by atoms with Crippen molar-refractivity contribution in [3.05, 3.63) is 64.2 Å². The molecule has 1 amide bonds. The third kappa shape index (κ3) is 5.23. The molecule has 27 heavy (non-hydrogen) atoms. The molecule has 5 nitrogen and oxygen atoms in total. The van der Waals surface area contributed by atoms with E-state index in [1.165, 1.54) is 0 Å². The molecule has 0 saturated heterocycles. The molecule has 0 aliphatic carbocycles. The number of nitrogens with zero attached hydrogens (tertiary/aromatic N) is 1. The number of aryl methyl sites for hydroxylation is 2. The highest BCUT2D eigenvalue weighted by Gasteiger charge is 2.30. The SMILES string of the molecule is Cc1ccc([C@H](C)NC(=O)[C@@H](C)N(c2ccc(C)c(Cl)c2)S(C)(=O)=O)cc1. The molecule has 0 spiro atoms. The van der Waals surface area contributed by atoms with Crippen molar-refractivity contribution >= 4 is 33.2 Å². The van der Waals surface area contributed by atoms with Gasteiger partial charge in [0, 0.05) is 5.02 Å². The first-order chi connectivity index (χ1) is 12.5. The minimum Gasteiger partial charge on any atom is -0.348 e. The summed E-state index contributed by atoms with van der Waals surface area (Å²) in [7, 11) is -3.68. The predicted molar refractivity (Wildman–Crippen MR) is 111 cm³/mol. The Morgan fingerprint density at radius 3 is 2.19 bits per heavy atom. The smallest absolute Gasteiger partial charge is 0.244 e. The third-order valence-corrected chi connectivity index (χ3v) is 6.08. The monoisotopic (exact) mass is 408 g/mol. The van der Waals surface area contributed by atoms with Crippen molar-refractivity contribution in [3.63, 3.8) is 0 Å². The van der Waals surface area contributed by atoms with Gasteiger partial charge in [-0.2, -0.15) is 0 Å². The average molecular weight is 409 g/mol. The van der Waals surface area contributed by atoms with E-state index in [1.807, 2.05) is 45.0 Å². The standard InChI is InChI=1S/C20H25ClN2O3S/c1-13-6-9-17(10-7-13)15(3)22-20(24)16(4)23(27(5,25)26)18-11-8-14(2)19(21)12-18/h6-12,15-16H,1-5H3,(H,22,24)/t15-,16+/m0/s1. The molecule has 0 aromatic heterocycles. The molecular weight excluding hydrogens is 384 g/mol. The van der Waals surface area contributed by atoms with Crippen LogP contribution in [0.15, 0.2) is 42.5 Å². The first kappa shape index (κ1) is 21.3. The number of carbonyl (C=O) groups is 1. The number of sulfonamides is 1. The van der Waals surface area contributed by atoms with Gasteiger partial charge in [-0.05, 0) is 51.0 Å². The van der Waals surface area contributed by atoms with Crippen LogP contribution in [0.3, 0.4) is 0 Å². The normalized spacial score (nSPS) is 13.7. The molecular formula is C20H25ClN2O3S. The van der Waals surface area contributed by atoms with Gasteiger partial charge in [-0.15, -0.1) is 0 Å². The van der Waals surface area contributed by atoms with Crippen molar-refractivity contribution in [2.24, 2.45) is 0 Å². The summed E-state index contributed by atoms with van der Waals surface area (Å²) >= 11 is 6.15. The number of amides is 1. The molecule has 0 saturated carbocycles. The average Bonchev–Trinajstić information content (AvgIpc) is 2.57. The van der Waals surface area contributed by atoms with E-state index in [9.17, 15) is 13.2 Å². The molecule has 2 rings (SSSR count). The molecule has 0 heterocycles. The largest absolute Gasteiger partial charge is 0.348 e. The van der Waals surface area contributed by atoms with Crippen LogP contribution < -0.4 is 9.62 Å². The number of halogens is 1. The van der Waals surface area contributed by atoms with Gasteiger partial charge in [0.05, 0.1) is 18.0 Å². The molecule has 0 bridgehead atoms. The summed E-state index contributed by atoms with van der Waals surface area (Å²) in [4.78, 5) is 12.8. The second kappa shape index (κ2) is 8.31. The Kier molecular flexibility index (Phi) is 6.54. The van der Waals surface area contributed by atoms with E-state index in [2.05, 4.69) is 5.32 Å². The molecule has 7 heteroatoms. The van der Waals surface area contributed by atoms with E-state index >= 15 is 0 Å². The first-order valence-corrected chi connectivity index (χ1v) is 10.9. The summed E-state index contributed by atoms with van der Waals surface area (Å²) in [5, 5.41) is 3.33. The molecule has 0 aliphatic heterocycles. The molecule has 0 radical (unpaired) electrons. The number of hydrogen-bond donors (Lipinski definition) is 1. The van der Waals surface area contributed by atoms with E-state index in [0.29, 0.717) is 10.7 Å². The fourth-order valence-electron chi connectivity index (χ4n) is 2.80. The summed E-state index contributed by atoms with van der Waals surface area (Å²) in [6, 6.07) is 11.6. The van der Waals surface area contributed by atoms with Gasteiger partial charge in [-0.25, -0.2) is 8.42 Å². The number of carbonyl (C=O) groups excluding carboxylic acids is 1. The molecule has 1 N–H and O–H groups in total. The van der Waals surface area contributed by atoms with Crippen LogP contribution in [0.4, 0.5) is 5.69 Å². The van der Waals surface area contributed by atoms with E-state index < -0.39 is 16.1 Å². The molecule has 146 valence electrons. The van der Waals surface area contributed by atoms with Gasteiger partial charge in [-0.3, -0.25) is 9.10 Å². The van der Waals surface area contributed by atoms with Gasteiger partial charge in [0.1, 0.15) is 6.04 Å². The molecule has 0 fully saturated rings. The van der Waals surface area contributed by atoms with Crippen LogP contribution in [0.2, 0.25) is 5.02 Å². The van der Waals surface area contributed by atoms with Gasteiger partial charge in [-0.1, -0.05) is 47.5 Å². The third-order valence-electron chi connectivity index (χ3n) is 4.43. The van der Waals surface area contributed by atoms with Gasteiger partial charge >= 0.3 is 0 Å². The number of anilines is 1. The maximum absolute atomic E-state index is 12.8. The number of benzene rings is 2. The summed E-state index contributed by atoms with van der Waals surface area (Å²) < 4.78 is 25.8. The molecule has 0 unspecified atom stereocenters. The van der Waals surface area contributed by atoms with Gasteiger partial charge in [0.15, 0.2) is 0 Å². The Hall–Kier alpha value is -2.05. The van der Waals surface area contributed by atoms with E-state index in [0.717, 1.165) is 27.3 Å². The quantitative estimate of drug-likeness (QED) is 0.785. The van der Waals surface area contributed by atoms with Crippen LogP contribution in [0, 0.1) is 13.8 Å². The van der Waals surface area contributed by atoms with Crippen molar-refractivity contribution in [3.8, 4) is 0 Å². The van der Waals surface area contributed by atoms with Gasteiger partial charge in [0.25, 0.3) is 0 Å². The highest BCUT2D eigenvalue weighted by atomic mass is 35.5. The Bertz CT molecular complexity index is 927. The summed E-state index contributed by atoms with van der Waals surface area (Å²) in [5.74, 6) is -0.384. The van der Waals surface area contributed by atoms with E-state index in [-0.39, 0.29) is 11.9 Å². The van der Waals surface area contributed by atoms with Crippen molar-refractivity contribution in [2.75, 3.05) is 10.6 Å². The zero-order valence-corrected chi connectivity index (χ0v) is 17.7. The summed E-state index contributed by atoms with van der Waals surface area (Å²) in [6.45, 7) is 7.25. The minimum atomic E-state index is -3.68. The predicted octanol–water partition coefficient (Wildman–Crippen LogP) is 3.99. The summed E-state index contributed by atoms with van der Waals surface area (Å²) in [5.41, 5.74) is 3.27. The van der Waals surface area contributed by atoms with Gasteiger partial charge < -0.3 is 5.32 Å². The van der Waals surface area contributed by atoms with E-state index in [4.69, 9.17) is 11.6 Å². The second-order valence-corrected chi connectivity index (χ2v) is 9.08. The topological polar surface area (TPSA) is 66.5 Å². The lowest BCUT2D eigenvalue weighted by Gasteiger charge is -2.29. The van der Waals surface area contributed by atoms with Crippen LogP contribution in [-0.4, -0.2) is 26.6 Å². The van der Waals surface area contributed by atoms with Crippen molar-refractivity contribution in [2.45, 2.75) is 39.8 Å². The summed E-state index contributed by atoms with van der Waals surface area (Å²) in [6.07, 6.45) is 1.08. The minimum absolute atomic E-state index is 0.247.